The van der Waals surface area contributed by atoms with Crippen LogP contribution in [-0.4, -0.2) is 23.1 Å². The summed E-state index contributed by atoms with van der Waals surface area (Å²) in [5, 5.41) is 2.00. The Balaban J connectivity index is 1.75. The van der Waals surface area contributed by atoms with Crippen molar-refractivity contribution in [1.82, 2.24) is 9.47 Å². The maximum atomic E-state index is 2.63. The number of hydrogen-bond donors (Lipinski definition) is 0. The SMILES string of the molecule is Cc1ccc2c(c1)c1c3n2CC(C)(c2ccccc2)SC3CN(C)C1. The molecule has 3 heterocycles. The summed E-state index contributed by atoms with van der Waals surface area (Å²) < 4.78 is 2.75. The quantitative estimate of drug-likeness (QED) is 0.605. The lowest BCUT2D eigenvalue weighted by molar-refractivity contribution is 0.299. The molecule has 0 saturated heterocycles. The minimum absolute atomic E-state index is 0.116. The summed E-state index contributed by atoms with van der Waals surface area (Å²) in [6.07, 6.45) is 0. The average molecular weight is 349 g/mol. The first-order valence-electron chi connectivity index (χ1n) is 9.09. The van der Waals surface area contributed by atoms with Gasteiger partial charge in [0.15, 0.2) is 0 Å². The molecule has 128 valence electrons. The van der Waals surface area contributed by atoms with E-state index < -0.39 is 0 Å². The van der Waals surface area contributed by atoms with Crippen molar-refractivity contribution in [1.29, 1.82) is 0 Å². The van der Waals surface area contributed by atoms with E-state index >= 15 is 0 Å². The predicted octanol–water partition coefficient (Wildman–Crippen LogP) is 5.10. The van der Waals surface area contributed by atoms with Gasteiger partial charge in [-0.2, -0.15) is 0 Å². The molecule has 25 heavy (non-hydrogen) atoms. The molecule has 2 aliphatic rings. The van der Waals surface area contributed by atoms with Crippen molar-refractivity contribution >= 4 is 22.7 Å². The number of nitrogens with zero attached hydrogens (tertiary/aromatic N) is 2. The Labute approximate surface area is 153 Å². The van der Waals surface area contributed by atoms with Gasteiger partial charge in [0, 0.05) is 36.2 Å². The predicted molar refractivity (Wildman–Crippen MR) is 107 cm³/mol. The Bertz CT molecular complexity index is 959. The zero-order valence-corrected chi connectivity index (χ0v) is 15.9. The average Bonchev–Trinajstić information content (AvgIpc) is 2.89. The maximum Gasteiger partial charge on any atom is 0.0590 e. The van der Waals surface area contributed by atoms with E-state index in [0.29, 0.717) is 5.25 Å². The second-order valence-electron chi connectivity index (χ2n) is 7.87. The van der Waals surface area contributed by atoms with Crippen molar-refractivity contribution in [3.05, 3.63) is 70.9 Å². The second-order valence-corrected chi connectivity index (χ2v) is 9.58. The normalized spacial score (nSPS) is 26.0. The molecule has 0 aliphatic carbocycles. The third-order valence-corrected chi connectivity index (χ3v) is 7.37. The summed E-state index contributed by atoms with van der Waals surface area (Å²) in [4.78, 5) is 2.49. The molecule has 1 aromatic heterocycles. The number of benzene rings is 2. The number of aryl methyl sites for hydroxylation is 1. The monoisotopic (exact) mass is 348 g/mol. The van der Waals surface area contributed by atoms with Gasteiger partial charge in [0.05, 0.1) is 10.00 Å². The van der Waals surface area contributed by atoms with Crippen LogP contribution in [0.15, 0.2) is 48.5 Å². The van der Waals surface area contributed by atoms with Gasteiger partial charge < -0.3 is 9.47 Å². The number of rotatable bonds is 1. The molecule has 0 amide bonds. The van der Waals surface area contributed by atoms with Crippen molar-refractivity contribution in [2.75, 3.05) is 13.6 Å². The van der Waals surface area contributed by atoms with Gasteiger partial charge in [-0.3, -0.25) is 0 Å². The fraction of sp³-hybridized carbons (Fsp3) is 0.364. The number of fused-ring (bicyclic) bond motifs is 3. The number of aromatic nitrogens is 1. The van der Waals surface area contributed by atoms with Crippen LogP contribution in [0.3, 0.4) is 0 Å². The molecule has 0 spiro atoms. The summed E-state index contributed by atoms with van der Waals surface area (Å²) in [6, 6.07) is 18.0. The van der Waals surface area contributed by atoms with Gasteiger partial charge in [0.2, 0.25) is 0 Å². The summed E-state index contributed by atoms with van der Waals surface area (Å²) >= 11 is 2.16. The van der Waals surface area contributed by atoms with Crippen molar-refractivity contribution in [3.8, 4) is 0 Å². The van der Waals surface area contributed by atoms with E-state index in [1.807, 2.05) is 0 Å². The zero-order valence-electron chi connectivity index (χ0n) is 15.1. The van der Waals surface area contributed by atoms with Crippen LogP contribution in [0.25, 0.3) is 10.9 Å². The van der Waals surface area contributed by atoms with Crippen LogP contribution in [0.1, 0.15) is 34.6 Å². The molecular weight excluding hydrogens is 324 g/mol. The Morgan fingerprint density at radius 3 is 2.72 bits per heavy atom. The Morgan fingerprint density at radius 1 is 1.12 bits per heavy atom. The van der Waals surface area contributed by atoms with Gasteiger partial charge in [-0.05, 0) is 44.2 Å². The van der Waals surface area contributed by atoms with E-state index in [0.717, 1.165) is 19.6 Å². The van der Waals surface area contributed by atoms with Gasteiger partial charge in [0.25, 0.3) is 0 Å². The van der Waals surface area contributed by atoms with E-state index in [4.69, 9.17) is 0 Å². The summed E-state index contributed by atoms with van der Waals surface area (Å²) in [5.41, 5.74) is 7.35. The molecule has 5 rings (SSSR count). The van der Waals surface area contributed by atoms with E-state index in [2.05, 4.69) is 90.7 Å². The Kier molecular flexibility index (Phi) is 3.35. The second kappa shape index (κ2) is 5.39. The van der Waals surface area contributed by atoms with Crippen LogP contribution in [-0.2, 0) is 17.8 Å². The molecule has 3 heteroatoms. The standard InChI is InChI=1S/C22H24N2S/c1-15-9-10-19-17(11-15)18-12-23(3)13-20-21(18)24(19)14-22(2,25-20)16-7-5-4-6-8-16/h4-11,20H,12-14H2,1-3H3. The molecule has 0 bridgehead atoms. The highest BCUT2D eigenvalue weighted by Gasteiger charge is 2.42. The van der Waals surface area contributed by atoms with Crippen LogP contribution >= 0.6 is 11.8 Å². The maximum absolute atomic E-state index is 2.63. The smallest absolute Gasteiger partial charge is 0.0590 e. The molecule has 2 nitrogen and oxygen atoms in total. The molecule has 2 atom stereocenters. The lowest BCUT2D eigenvalue weighted by atomic mass is 9.98. The lowest BCUT2D eigenvalue weighted by Gasteiger charge is -2.43. The van der Waals surface area contributed by atoms with E-state index in [-0.39, 0.29) is 4.75 Å². The van der Waals surface area contributed by atoms with Crippen LogP contribution in [0, 0.1) is 6.92 Å². The van der Waals surface area contributed by atoms with Gasteiger partial charge in [-0.15, -0.1) is 11.8 Å². The van der Waals surface area contributed by atoms with E-state index in [1.54, 1.807) is 11.3 Å². The van der Waals surface area contributed by atoms with E-state index in [1.165, 1.54) is 22.0 Å². The minimum atomic E-state index is 0.116. The van der Waals surface area contributed by atoms with Crippen molar-refractivity contribution < 1.29 is 0 Å². The van der Waals surface area contributed by atoms with Gasteiger partial charge in [-0.1, -0.05) is 42.0 Å². The number of likely N-dealkylation sites (N-methyl/N-ethyl adjacent to an activating group) is 1. The van der Waals surface area contributed by atoms with E-state index in [9.17, 15) is 0 Å². The molecule has 0 N–H and O–H groups in total. The molecule has 2 unspecified atom stereocenters. The number of thioether (sulfide) groups is 1. The molecule has 3 aromatic rings. The van der Waals surface area contributed by atoms with Gasteiger partial charge >= 0.3 is 0 Å². The first-order valence-corrected chi connectivity index (χ1v) is 9.97. The van der Waals surface area contributed by atoms with Crippen LogP contribution in [0.2, 0.25) is 0 Å². The fourth-order valence-corrected chi connectivity index (χ4v) is 6.48. The Hall–Kier alpha value is -1.71. The van der Waals surface area contributed by atoms with Crippen molar-refractivity contribution in [2.24, 2.45) is 0 Å². The highest BCUT2D eigenvalue weighted by Crippen LogP contribution is 2.54. The molecule has 2 aliphatic heterocycles. The first kappa shape index (κ1) is 15.5. The highest BCUT2D eigenvalue weighted by molar-refractivity contribution is 8.00. The lowest BCUT2D eigenvalue weighted by Crippen LogP contribution is -2.38. The highest BCUT2D eigenvalue weighted by atomic mass is 32.2. The zero-order chi connectivity index (χ0) is 17.2. The van der Waals surface area contributed by atoms with Crippen LogP contribution < -0.4 is 0 Å². The largest absolute Gasteiger partial charge is 0.341 e. The third-order valence-electron chi connectivity index (χ3n) is 5.83. The van der Waals surface area contributed by atoms with Gasteiger partial charge in [0.1, 0.15) is 0 Å². The first-order chi connectivity index (χ1) is 12.0. The minimum Gasteiger partial charge on any atom is -0.341 e. The van der Waals surface area contributed by atoms with Gasteiger partial charge in [-0.25, -0.2) is 0 Å². The number of hydrogen-bond acceptors (Lipinski definition) is 2. The Morgan fingerprint density at radius 2 is 1.92 bits per heavy atom. The third kappa shape index (κ3) is 2.29. The van der Waals surface area contributed by atoms with Crippen LogP contribution in [0.4, 0.5) is 0 Å². The van der Waals surface area contributed by atoms with Crippen molar-refractivity contribution in [3.63, 3.8) is 0 Å². The molecule has 0 fully saturated rings. The summed E-state index contributed by atoms with van der Waals surface area (Å²) in [7, 11) is 2.26. The molecular formula is C22H24N2S. The molecule has 2 aromatic carbocycles. The summed E-state index contributed by atoms with van der Waals surface area (Å²) in [6.45, 7) is 7.88. The molecule has 0 saturated carbocycles. The van der Waals surface area contributed by atoms with Crippen LogP contribution in [0.5, 0.6) is 0 Å². The van der Waals surface area contributed by atoms with Crippen molar-refractivity contribution in [2.45, 2.75) is 36.9 Å². The molecule has 0 radical (unpaired) electrons. The summed E-state index contributed by atoms with van der Waals surface area (Å²) in [5.74, 6) is 0. The fourth-order valence-electron chi connectivity index (χ4n) is 4.66. The topological polar surface area (TPSA) is 8.17 Å².